The molecule has 3 heteroatoms. The van der Waals surface area contributed by atoms with E-state index in [-0.39, 0.29) is 5.78 Å². The van der Waals surface area contributed by atoms with Gasteiger partial charge < -0.3 is 5.73 Å². The molecule has 0 saturated heterocycles. The Labute approximate surface area is 96.2 Å². The summed E-state index contributed by atoms with van der Waals surface area (Å²) in [6.07, 6.45) is 0. The summed E-state index contributed by atoms with van der Waals surface area (Å²) in [6.45, 7) is 6.88. The SMILES string of the molecule is CCN1Cc2ccc(C(=O)C(C)N)cc2C1. The highest BCUT2D eigenvalue weighted by Gasteiger charge is 2.19. The number of hydrogen-bond donors (Lipinski definition) is 1. The first-order chi connectivity index (χ1) is 7.61. The van der Waals surface area contributed by atoms with Gasteiger partial charge in [-0.1, -0.05) is 19.1 Å². The Morgan fingerprint density at radius 3 is 2.75 bits per heavy atom. The highest BCUT2D eigenvalue weighted by molar-refractivity contribution is 5.99. The summed E-state index contributed by atoms with van der Waals surface area (Å²) in [5, 5.41) is 0. The van der Waals surface area contributed by atoms with Crippen LogP contribution in [-0.2, 0) is 13.1 Å². The Morgan fingerprint density at radius 2 is 2.12 bits per heavy atom. The third-order valence-electron chi connectivity index (χ3n) is 3.14. The molecule has 16 heavy (non-hydrogen) atoms. The number of fused-ring (bicyclic) bond motifs is 1. The van der Waals surface area contributed by atoms with Gasteiger partial charge in [-0.2, -0.15) is 0 Å². The molecule has 0 radical (unpaired) electrons. The third-order valence-corrected chi connectivity index (χ3v) is 3.14. The summed E-state index contributed by atoms with van der Waals surface area (Å²) < 4.78 is 0. The van der Waals surface area contributed by atoms with Gasteiger partial charge >= 0.3 is 0 Å². The van der Waals surface area contributed by atoms with Gasteiger partial charge in [0.25, 0.3) is 0 Å². The van der Waals surface area contributed by atoms with E-state index in [1.165, 1.54) is 11.1 Å². The fourth-order valence-electron chi connectivity index (χ4n) is 2.10. The maximum atomic E-state index is 11.8. The minimum Gasteiger partial charge on any atom is -0.321 e. The Balaban J connectivity index is 2.25. The van der Waals surface area contributed by atoms with Crippen LogP contribution < -0.4 is 5.73 Å². The highest BCUT2D eigenvalue weighted by Crippen LogP contribution is 2.23. The van der Waals surface area contributed by atoms with Crippen LogP contribution in [0.5, 0.6) is 0 Å². The molecule has 0 fully saturated rings. The number of Topliss-reactive ketones (excluding diaryl/α,β-unsaturated/α-hetero) is 1. The Kier molecular flexibility index (Phi) is 3.08. The molecule has 1 aliphatic heterocycles. The minimum atomic E-state index is -0.415. The zero-order valence-corrected chi connectivity index (χ0v) is 9.86. The Morgan fingerprint density at radius 1 is 1.44 bits per heavy atom. The molecule has 2 rings (SSSR count). The summed E-state index contributed by atoms with van der Waals surface area (Å²) >= 11 is 0. The van der Waals surface area contributed by atoms with E-state index in [2.05, 4.69) is 17.9 Å². The average Bonchev–Trinajstić information content (AvgIpc) is 2.69. The molecule has 1 atom stereocenters. The van der Waals surface area contributed by atoms with Crippen LogP contribution in [-0.4, -0.2) is 23.3 Å². The molecule has 0 spiro atoms. The van der Waals surface area contributed by atoms with Crippen LogP contribution in [0.4, 0.5) is 0 Å². The fraction of sp³-hybridized carbons (Fsp3) is 0.462. The summed E-state index contributed by atoms with van der Waals surface area (Å²) in [5.74, 6) is 0.0257. The van der Waals surface area contributed by atoms with Crippen molar-refractivity contribution in [3.8, 4) is 0 Å². The van der Waals surface area contributed by atoms with E-state index < -0.39 is 6.04 Å². The van der Waals surface area contributed by atoms with Gasteiger partial charge in [-0.3, -0.25) is 9.69 Å². The quantitative estimate of drug-likeness (QED) is 0.783. The van der Waals surface area contributed by atoms with Crippen molar-refractivity contribution in [2.45, 2.75) is 33.0 Å². The maximum Gasteiger partial charge on any atom is 0.179 e. The first-order valence-corrected chi connectivity index (χ1v) is 5.75. The van der Waals surface area contributed by atoms with Crippen LogP contribution in [0.25, 0.3) is 0 Å². The molecule has 3 nitrogen and oxygen atoms in total. The summed E-state index contributed by atoms with van der Waals surface area (Å²) in [4.78, 5) is 14.1. The number of carbonyl (C=O) groups is 1. The van der Waals surface area contributed by atoms with Gasteiger partial charge in [0.05, 0.1) is 6.04 Å². The van der Waals surface area contributed by atoms with Gasteiger partial charge in [0, 0.05) is 18.7 Å². The van der Waals surface area contributed by atoms with Crippen molar-refractivity contribution in [3.63, 3.8) is 0 Å². The van der Waals surface area contributed by atoms with Crippen LogP contribution in [0.3, 0.4) is 0 Å². The standard InChI is InChI=1S/C13H18N2O/c1-3-15-7-11-5-4-10(6-12(11)8-15)13(16)9(2)14/h4-6,9H,3,7-8,14H2,1-2H3. The normalized spacial score (nSPS) is 17.2. The number of ketones is 1. The smallest absolute Gasteiger partial charge is 0.179 e. The molecule has 1 aromatic rings. The lowest BCUT2D eigenvalue weighted by atomic mass is 10.0. The number of carbonyl (C=O) groups excluding carboxylic acids is 1. The second kappa shape index (κ2) is 4.36. The van der Waals surface area contributed by atoms with E-state index in [1.54, 1.807) is 6.92 Å². The fourth-order valence-corrected chi connectivity index (χ4v) is 2.10. The summed E-state index contributed by atoms with van der Waals surface area (Å²) in [5.41, 5.74) is 8.96. The van der Waals surface area contributed by atoms with Crippen molar-refractivity contribution < 1.29 is 4.79 Å². The van der Waals surface area contributed by atoms with E-state index in [4.69, 9.17) is 5.73 Å². The molecule has 0 aromatic heterocycles. The number of nitrogens with zero attached hydrogens (tertiary/aromatic N) is 1. The zero-order valence-electron chi connectivity index (χ0n) is 9.86. The Hall–Kier alpha value is -1.19. The first kappa shape index (κ1) is 11.3. The molecule has 1 aromatic carbocycles. The monoisotopic (exact) mass is 218 g/mol. The van der Waals surface area contributed by atoms with E-state index in [1.807, 2.05) is 12.1 Å². The topological polar surface area (TPSA) is 46.3 Å². The van der Waals surface area contributed by atoms with Crippen LogP contribution >= 0.6 is 0 Å². The minimum absolute atomic E-state index is 0.0257. The summed E-state index contributed by atoms with van der Waals surface area (Å²) in [7, 11) is 0. The van der Waals surface area contributed by atoms with Crippen molar-refractivity contribution >= 4 is 5.78 Å². The van der Waals surface area contributed by atoms with Gasteiger partial charge in [-0.15, -0.1) is 0 Å². The third kappa shape index (κ3) is 2.01. The molecular weight excluding hydrogens is 200 g/mol. The van der Waals surface area contributed by atoms with Gasteiger partial charge in [0.15, 0.2) is 5.78 Å². The van der Waals surface area contributed by atoms with Gasteiger partial charge in [0.2, 0.25) is 0 Å². The van der Waals surface area contributed by atoms with E-state index in [0.29, 0.717) is 0 Å². The maximum absolute atomic E-state index is 11.8. The molecule has 1 unspecified atom stereocenters. The van der Waals surface area contributed by atoms with E-state index in [0.717, 1.165) is 25.2 Å². The number of hydrogen-bond acceptors (Lipinski definition) is 3. The zero-order chi connectivity index (χ0) is 11.7. The molecule has 86 valence electrons. The van der Waals surface area contributed by atoms with E-state index in [9.17, 15) is 4.79 Å². The first-order valence-electron chi connectivity index (χ1n) is 5.75. The number of rotatable bonds is 3. The van der Waals surface area contributed by atoms with Gasteiger partial charge in [0.1, 0.15) is 0 Å². The van der Waals surface area contributed by atoms with Crippen molar-refractivity contribution in [3.05, 3.63) is 34.9 Å². The van der Waals surface area contributed by atoms with Crippen molar-refractivity contribution in [1.82, 2.24) is 4.90 Å². The molecule has 0 saturated carbocycles. The lowest BCUT2D eigenvalue weighted by Crippen LogP contribution is -2.26. The van der Waals surface area contributed by atoms with Crippen LogP contribution in [0, 0.1) is 0 Å². The Bertz CT molecular complexity index is 412. The molecule has 0 amide bonds. The molecular formula is C13H18N2O. The molecule has 0 bridgehead atoms. The number of benzene rings is 1. The van der Waals surface area contributed by atoms with Crippen molar-refractivity contribution in [2.75, 3.05) is 6.54 Å². The van der Waals surface area contributed by atoms with Gasteiger partial charge in [-0.25, -0.2) is 0 Å². The predicted molar refractivity (Wildman–Crippen MR) is 64.2 cm³/mol. The van der Waals surface area contributed by atoms with Crippen molar-refractivity contribution in [2.24, 2.45) is 5.73 Å². The van der Waals surface area contributed by atoms with Crippen LogP contribution in [0.15, 0.2) is 18.2 Å². The second-order valence-corrected chi connectivity index (χ2v) is 4.44. The molecule has 1 aliphatic rings. The van der Waals surface area contributed by atoms with E-state index >= 15 is 0 Å². The lowest BCUT2D eigenvalue weighted by molar-refractivity contribution is 0.0968. The highest BCUT2D eigenvalue weighted by atomic mass is 16.1. The lowest BCUT2D eigenvalue weighted by Gasteiger charge is -2.09. The summed E-state index contributed by atoms with van der Waals surface area (Å²) in [6, 6.07) is 5.53. The van der Waals surface area contributed by atoms with Crippen LogP contribution in [0.1, 0.15) is 35.3 Å². The predicted octanol–water partition coefficient (Wildman–Crippen LogP) is 1.55. The molecule has 0 aliphatic carbocycles. The average molecular weight is 218 g/mol. The van der Waals surface area contributed by atoms with Gasteiger partial charge in [-0.05, 0) is 30.7 Å². The second-order valence-electron chi connectivity index (χ2n) is 4.44. The molecule has 1 heterocycles. The van der Waals surface area contributed by atoms with Crippen LogP contribution in [0.2, 0.25) is 0 Å². The number of nitrogens with two attached hydrogens (primary N) is 1. The molecule has 2 N–H and O–H groups in total. The largest absolute Gasteiger partial charge is 0.321 e. The van der Waals surface area contributed by atoms with Crippen molar-refractivity contribution in [1.29, 1.82) is 0 Å².